The molecular formula is C26H42As2O8. The second kappa shape index (κ2) is 11.1. The van der Waals surface area contributed by atoms with Gasteiger partial charge in [0.1, 0.15) is 0 Å². The predicted molar refractivity (Wildman–Crippen MR) is 141 cm³/mol. The van der Waals surface area contributed by atoms with Crippen LogP contribution in [0.2, 0.25) is 11.4 Å². The third kappa shape index (κ3) is 9.41. The molecule has 0 fully saturated rings. The molecule has 10 heteroatoms. The second-order valence-corrected chi connectivity index (χ2v) is 31.9. The maximum atomic E-state index is 13.6. The number of hydrogen-bond donors (Lipinski definition) is 0. The van der Waals surface area contributed by atoms with E-state index in [0.29, 0.717) is 0 Å². The summed E-state index contributed by atoms with van der Waals surface area (Å²) in [7, 11) is 0. The molecule has 2 unspecified atom stereocenters. The molecule has 8 nitrogen and oxygen atoms in total. The fourth-order valence-electron chi connectivity index (χ4n) is 3.04. The maximum absolute atomic E-state index is 13.6. The SMILES string of the molecule is C[As]1C(C(=O)OC(C)(C)C)=C(C(=O)OC(C)(C)C)C(C(=O)OC(C)(C)C)=C(C(=O)OC(C)(C)C)[As]1C. The van der Waals surface area contributed by atoms with E-state index < -0.39 is 71.5 Å². The van der Waals surface area contributed by atoms with E-state index in [1.54, 1.807) is 83.1 Å². The van der Waals surface area contributed by atoms with Crippen molar-refractivity contribution in [1.82, 2.24) is 0 Å². The van der Waals surface area contributed by atoms with Gasteiger partial charge in [0, 0.05) is 0 Å². The van der Waals surface area contributed by atoms with Crippen LogP contribution >= 0.6 is 0 Å². The first-order valence-corrected chi connectivity index (χ1v) is 22.6. The van der Waals surface area contributed by atoms with Crippen LogP contribution in [0.4, 0.5) is 0 Å². The van der Waals surface area contributed by atoms with Gasteiger partial charge in [-0.05, 0) is 0 Å². The van der Waals surface area contributed by atoms with Crippen molar-refractivity contribution in [2.75, 3.05) is 0 Å². The van der Waals surface area contributed by atoms with Crippen molar-refractivity contribution in [3.05, 3.63) is 19.9 Å². The van der Waals surface area contributed by atoms with E-state index in [1.807, 2.05) is 11.4 Å². The summed E-state index contributed by atoms with van der Waals surface area (Å²) in [5, 5.41) is 0. The van der Waals surface area contributed by atoms with Crippen molar-refractivity contribution in [1.29, 1.82) is 0 Å². The summed E-state index contributed by atoms with van der Waals surface area (Å²) in [6, 6.07) is 0. The van der Waals surface area contributed by atoms with Crippen LogP contribution in [-0.4, -0.2) is 71.5 Å². The minimum atomic E-state index is -2.35. The van der Waals surface area contributed by atoms with Gasteiger partial charge in [0.2, 0.25) is 0 Å². The summed E-state index contributed by atoms with van der Waals surface area (Å²) in [6.45, 7) is 20.5. The van der Waals surface area contributed by atoms with Gasteiger partial charge < -0.3 is 0 Å². The number of esters is 4. The molecule has 36 heavy (non-hydrogen) atoms. The third-order valence-electron chi connectivity index (χ3n) is 4.21. The van der Waals surface area contributed by atoms with Crippen LogP contribution in [0.25, 0.3) is 0 Å². The van der Waals surface area contributed by atoms with Gasteiger partial charge >= 0.3 is 224 Å². The Morgan fingerprint density at radius 3 is 0.833 bits per heavy atom. The van der Waals surface area contributed by atoms with Crippen molar-refractivity contribution in [2.24, 2.45) is 0 Å². The van der Waals surface area contributed by atoms with E-state index in [2.05, 4.69) is 0 Å². The summed E-state index contributed by atoms with van der Waals surface area (Å²) in [6.07, 6.45) is 0. The average molecular weight is 632 g/mol. The molecule has 1 rings (SSSR count). The first-order valence-electron chi connectivity index (χ1n) is 11.7. The minimum absolute atomic E-state index is 0.169. The van der Waals surface area contributed by atoms with Gasteiger partial charge in [-0.3, -0.25) is 0 Å². The standard InChI is InChI=1S/C26H42As2O8/c1-23(2,3)33-19(29)15-16(20(30)34-24(4,5)6)18(22(32)36-26(10,11)12)28(14)27(13)17(15)21(31)35-25(7,8)9/h1-14H3. The Hall–Kier alpha value is -1.52. The average Bonchev–Trinajstić information content (AvgIpc) is 2.56. The topological polar surface area (TPSA) is 105 Å². The molecule has 1 aliphatic heterocycles. The molecule has 0 spiro atoms. The molecule has 0 saturated heterocycles. The number of rotatable bonds is 4. The van der Waals surface area contributed by atoms with Gasteiger partial charge in [0.05, 0.1) is 0 Å². The van der Waals surface area contributed by atoms with Gasteiger partial charge in [-0.25, -0.2) is 0 Å². The molecule has 0 N–H and O–H groups in total. The Kier molecular flexibility index (Phi) is 10.00. The molecule has 204 valence electrons. The summed E-state index contributed by atoms with van der Waals surface area (Å²) in [4.78, 5) is 54.3. The first-order chi connectivity index (χ1) is 15.8. The van der Waals surface area contributed by atoms with Gasteiger partial charge in [0.15, 0.2) is 0 Å². The molecule has 0 saturated carbocycles. The third-order valence-corrected chi connectivity index (χ3v) is 24.7. The Balaban J connectivity index is 4.12. The Morgan fingerprint density at radius 2 is 0.639 bits per heavy atom. The molecule has 0 bridgehead atoms. The summed E-state index contributed by atoms with van der Waals surface area (Å²) < 4.78 is 23.0. The van der Waals surface area contributed by atoms with E-state index in [4.69, 9.17) is 18.9 Å². The van der Waals surface area contributed by atoms with Crippen LogP contribution in [0.1, 0.15) is 83.1 Å². The van der Waals surface area contributed by atoms with Crippen molar-refractivity contribution >= 4 is 49.0 Å². The molecule has 2 atom stereocenters. The first kappa shape index (κ1) is 32.5. The zero-order chi connectivity index (χ0) is 28.6. The van der Waals surface area contributed by atoms with E-state index in [1.165, 1.54) is 0 Å². The quantitative estimate of drug-likeness (QED) is 0.256. The van der Waals surface area contributed by atoms with E-state index in [-0.39, 0.29) is 19.9 Å². The van der Waals surface area contributed by atoms with Crippen molar-refractivity contribution < 1.29 is 38.1 Å². The Labute approximate surface area is 223 Å². The number of hydrogen-bond acceptors (Lipinski definition) is 8. The van der Waals surface area contributed by atoms with Crippen LogP contribution in [-0.2, 0) is 38.1 Å². The van der Waals surface area contributed by atoms with Crippen LogP contribution < -0.4 is 0 Å². The predicted octanol–water partition coefficient (Wildman–Crippen LogP) is 4.37. The van der Waals surface area contributed by atoms with Crippen molar-refractivity contribution in [3.8, 4) is 0 Å². The van der Waals surface area contributed by atoms with Crippen LogP contribution in [0.15, 0.2) is 19.9 Å². The van der Waals surface area contributed by atoms with Crippen LogP contribution in [0.5, 0.6) is 0 Å². The van der Waals surface area contributed by atoms with Gasteiger partial charge in [-0.2, -0.15) is 0 Å². The zero-order valence-corrected chi connectivity index (χ0v) is 27.9. The van der Waals surface area contributed by atoms with Gasteiger partial charge in [-0.1, -0.05) is 0 Å². The van der Waals surface area contributed by atoms with Crippen molar-refractivity contribution in [2.45, 2.75) is 117 Å². The van der Waals surface area contributed by atoms with Gasteiger partial charge in [0.25, 0.3) is 0 Å². The molecule has 0 aliphatic carbocycles. The number of carbonyl (C=O) groups is 4. The molecular weight excluding hydrogens is 590 g/mol. The number of carbonyl (C=O) groups excluding carboxylic acids is 4. The molecule has 0 aromatic heterocycles. The molecule has 1 aliphatic rings. The number of ether oxygens (including phenoxy) is 4. The molecule has 0 radical (unpaired) electrons. The van der Waals surface area contributed by atoms with E-state index >= 15 is 0 Å². The zero-order valence-electron chi connectivity index (χ0n) is 24.2. The summed E-state index contributed by atoms with van der Waals surface area (Å²) >= 11 is -4.70. The molecule has 1 heterocycles. The monoisotopic (exact) mass is 632 g/mol. The Morgan fingerprint density at radius 1 is 0.444 bits per heavy atom. The van der Waals surface area contributed by atoms with Crippen molar-refractivity contribution in [3.63, 3.8) is 0 Å². The summed E-state index contributed by atoms with van der Waals surface area (Å²) in [5.41, 5.74) is -0.133. The van der Waals surface area contributed by atoms with Crippen LogP contribution in [0, 0.1) is 0 Å². The summed E-state index contributed by atoms with van der Waals surface area (Å²) in [5.74, 6) is -3.07. The molecule has 0 amide bonds. The van der Waals surface area contributed by atoms with E-state index in [0.717, 1.165) is 0 Å². The second-order valence-electron chi connectivity index (χ2n) is 12.5. The van der Waals surface area contributed by atoms with Crippen LogP contribution in [0.3, 0.4) is 0 Å². The Bertz CT molecular complexity index is 899. The molecule has 0 aromatic carbocycles. The fourth-order valence-corrected chi connectivity index (χ4v) is 18.3. The normalized spacial score (nSPS) is 19.6. The molecule has 0 aromatic rings. The fraction of sp³-hybridized carbons (Fsp3) is 0.692. The van der Waals surface area contributed by atoms with E-state index in [9.17, 15) is 19.2 Å². The van der Waals surface area contributed by atoms with Gasteiger partial charge in [-0.15, -0.1) is 0 Å².